The maximum absolute atomic E-state index is 12.5. The lowest BCUT2D eigenvalue weighted by molar-refractivity contribution is 0.102. The largest absolute Gasteiger partial charge is 0.493 e. The summed E-state index contributed by atoms with van der Waals surface area (Å²) in [5.74, 6) is 0.443. The highest BCUT2D eigenvalue weighted by Crippen LogP contribution is 2.22. The van der Waals surface area contributed by atoms with Crippen molar-refractivity contribution in [2.45, 2.75) is 33.1 Å². The van der Waals surface area contributed by atoms with Gasteiger partial charge in [-0.3, -0.25) is 4.79 Å². The Morgan fingerprint density at radius 1 is 1.17 bits per heavy atom. The molecule has 0 spiro atoms. The van der Waals surface area contributed by atoms with Gasteiger partial charge < -0.3 is 15.8 Å². The number of aryl methyl sites for hydroxylation is 1. The van der Waals surface area contributed by atoms with Gasteiger partial charge in [0.25, 0.3) is 5.91 Å². The summed E-state index contributed by atoms with van der Waals surface area (Å²) in [4.78, 5) is 12.5. The Kier molecular flexibility index (Phi) is 6.03. The molecular formula is C19H24N2O2. The molecule has 0 bridgehead atoms. The van der Waals surface area contributed by atoms with Crippen molar-refractivity contribution in [1.29, 1.82) is 0 Å². The molecule has 0 unspecified atom stereocenters. The fourth-order valence-electron chi connectivity index (χ4n) is 2.33. The molecular weight excluding hydrogens is 288 g/mol. The first-order valence-corrected chi connectivity index (χ1v) is 8.01. The molecule has 2 aromatic rings. The Balaban J connectivity index is 2.09. The zero-order valence-electron chi connectivity index (χ0n) is 13.8. The monoisotopic (exact) mass is 312 g/mol. The first-order chi connectivity index (χ1) is 11.1. The highest BCUT2D eigenvalue weighted by molar-refractivity contribution is 6.06. The Labute approximate surface area is 137 Å². The van der Waals surface area contributed by atoms with Gasteiger partial charge in [-0.1, -0.05) is 31.9 Å². The van der Waals surface area contributed by atoms with Crippen molar-refractivity contribution in [3.05, 3.63) is 53.6 Å². The number of carbonyl (C=O) groups is 1. The van der Waals surface area contributed by atoms with Crippen LogP contribution in [-0.4, -0.2) is 12.5 Å². The van der Waals surface area contributed by atoms with Gasteiger partial charge in [-0.2, -0.15) is 0 Å². The number of hydrogen-bond donors (Lipinski definition) is 2. The minimum atomic E-state index is -0.177. The first kappa shape index (κ1) is 16.9. The highest BCUT2D eigenvalue weighted by atomic mass is 16.5. The van der Waals surface area contributed by atoms with E-state index in [1.807, 2.05) is 37.3 Å². The number of carbonyl (C=O) groups excluding carboxylic acids is 1. The maximum Gasteiger partial charge on any atom is 0.259 e. The molecule has 0 aliphatic carbocycles. The normalized spacial score (nSPS) is 10.3. The second-order valence-electron chi connectivity index (χ2n) is 5.58. The average molecular weight is 312 g/mol. The lowest BCUT2D eigenvalue weighted by atomic mass is 10.1. The Morgan fingerprint density at radius 2 is 1.96 bits per heavy atom. The summed E-state index contributed by atoms with van der Waals surface area (Å²) < 4.78 is 5.77. The highest BCUT2D eigenvalue weighted by Gasteiger charge is 2.13. The summed E-state index contributed by atoms with van der Waals surface area (Å²) >= 11 is 0. The van der Waals surface area contributed by atoms with Crippen LogP contribution in [-0.2, 0) is 0 Å². The van der Waals surface area contributed by atoms with Crippen molar-refractivity contribution in [1.82, 2.24) is 0 Å². The average Bonchev–Trinajstić information content (AvgIpc) is 2.54. The third-order valence-electron chi connectivity index (χ3n) is 3.64. The molecule has 0 aliphatic rings. The molecule has 0 saturated heterocycles. The van der Waals surface area contributed by atoms with Crippen LogP contribution in [0.25, 0.3) is 0 Å². The summed E-state index contributed by atoms with van der Waals surface area (Å²) in [6.45, 7) is 4.69. The predicted molar refractivity (Wildman–Crippen MR) is 95.0 cm³/mol. The third kappa shape index (κ3) is 4.74. The molecule has 2 rings (SSSR count). The SMILES string of the molecule is CCCCCOc1ccccc1C(=O)Nc1ccc(N)cc1C. The fraction of sp³-hybridized carbons (Fsp3) is 0.316. The van der Waals surface area contributed by atoms with Gasteiger partial charge in [0.2, 0.25) is 0 Å². The number of rotatable bonds is 7. The van der Waals surface area contributed by atoms with E-state index in [2.05, 4.69) is 12.2 Å². The van der Waals surface area contributed by atoms with E-state index in [1.165, 1.54) is 0 Å². The smallest absolute Gasteiger partial charge is 0.259 e. The van der Waals surface area contributed by atoms with E-state index in [1.54, 1.807) is 12.1 Å². The minimum Gasteiger partial charge on any atom is -0.493 e. The van der Waals surface area contributed by atoms with Crippen LogP contribution >= 0.6 is 0 Å². The molecule has 0 radical (unpaired) electrons. The second-order valence-corrected chi connectivity index (χ2v) is 5.58. The molecule has 0 fully saturated rings. The van der Waals surface area contributed by atoms with Crippen LogP contribution in [0.2, 0.25) is 0 Å². The van der Waals surface area contributed by atoms with Gasteiger partial charge in [-0.05, 0) is 49.2 Å². The van der Waals surface area contributed by atoms with Gasteiger partial charge in [0.05, 0.1) is 12.2 Å². The lowest BCUT2D eigenvalue weighted by Crippen LogP contribution is -2.14. The molecule has 0 heterocycles. The second kappa shape index (κ2) is 8.22. The van der Waals surface area contributed by atoms with Gasteiger partial charge >= 0.3 is 0 Å². The van der Waals surface area contributed by atoms with E-state index in [0.717, 1.165) is 30.5 Å². The van der Waals surface area contributed by atoms with Crippen LogP contribution < -0.4 is 15.8 Å². The number of ether oxygens (including phenoxy) is 1. The number of benzene rings is 2. The zero-order valence-corrected chi connectivity index (χ0v) is 13.8. The van der Waals surface area contributed by atoms with E-state index in [-0.39, 0.29) is 5.91 Å². The topological polar surface area (TPSA) is 64.3 Å². The minimum absolute atomic E-state index is 0.177. The number of nitrogen functional groups attached to an aromatic ring is 1. The van der Waals surface area contributed by atoms with Crippen LogP contribution in [0.5, 0.6) is 5.75 Å². The number of nitrogens with two attached hydrogens (primary N) is 1. The van der Waals surface area contributed by atoms with Gasteiger partial charge in [-0.15, -0.1) is 0 Å². The van der Waals surface area contributed by atoms with Crippen molar-refractivity contribution < 1.29 is 9.53 Å². The van der Waals surface area contributed by atoms with E-state index in [4.69, 9.17) is 10.5 Å². The van der Waals surface area contributed by atoms with Gasteiger partial charge in [-0.25, -0.2) is 0 Å². The quantitative estimate of drug-likeness (QED) is 0.588. The number of hydrogen-bond acceptors (Lipinski definition) is 3. The Hall–Kier alpha value is -2.49. The van der Waals surface area contributed by atoms with E-state index >= 15 is 0 Å². The third-order valence-corrected chi connectivity index (χ3v) is 3.64. The first-order valence-electron chi connectivity index (χ1n) is 8.01. The van der Waals surface area contributed by atoms with Gasteiger partial charge in [0, 0.05) is 11.4 Å². The number of nitrogens with one attached hydrogen (secondary N) is 1. The molecule has 0 atom stereocenters. The van der Waals surface area contributed by atoms with E-state index < -0.39 is 0 Å². The van der Waals surface area contributed by atoms with Crippen LogP contribution in [0, 0.1) is 6.92 Å². The van der Waals surface area contributed by atoms with Crippen LogP contribution in [0.15, 0.2) is 42.5 Å². The molecule has 4 nitrogen and oxygen atoms in total. The van der Waals surface area contributed by atoms with Crippen molar-refractivity contribution in [2.24, 2.45) is 0 Å². The van der Waals surface area contributed by atoms with Crippen molar-refractivity contribution in [3.63, 3.8) is 0 Å². The Bertz CT molecular complexity index is 668. The molecule has 4 heteroatoms. The summed E-state index contributed by atoms with van der Waals surface area (Å²) in [5, 5.41) is 2.92. The van der Waals surface area contributed by atoms with Gasteiger partial charge in [0.1, 0.15) is 5.75 Å². The molecule has 0 aliphatic heterocycles. The van der Waals surface area contributed by atoms with Crippen LogP contribution in [0.1, 0.15) is 42.1 Å². The number of anilines is 2. The van der Waals surface area contributed by atoms with Crippen LogP contribution in [0.4, 0.5) is 11.4 Å². The fourth-order valence-corrected chi connectivity index (χ4v) is 2.33. The molecule has 0 aromatic heterocycles. The lowest BCUT2D eigenvalue weighted by Gasteiger charge is -2.13. The summed E-state index contributed by atoms with van der Waals surface area (Å²) in [6.07, 6.45) is 3.25. The number of amides is 1. The molecule has 3 N–H and O–H groups in total. The van der Waals surface area contributed by atoms with Crippen LogP contribution in [0.3, 0.4) is 0 Å². The van der Waals surface area contributed by atoms with Gasteiger partial charge in [0.15, 0.2) is 0 Å². The maximum atomic E-state index is 12.5. The number of unbranched alkanes of at least 4 members (excludes halogenated alkanes) is 2. The number of para-hydroxylation sites is 1. The molecule has 23 heavy (non-hydrogen) atoms. The summed E-state index contributed by atoms with van der Waals surface area (Å²) in [5.41, 5.74) is 8.65. The van der Waals surface area contributed by atoms with E-state index in [0.29, 0.717) is 23.6 Å². The predicted octanol–water partition coefficient (Wildman–Crippen LogP) is 4.40. The van der Waals surface area contributed by atoms with E-state index in [9.17, 15) is 4.79 Å². The van der Waals surface area contributed by atoms with Crippen molar-refractivity contribution in [2.75, 3.05) is 17.7 Å². The molecule has 0 saturated carbocycles. The summed E-state index contributed by atoms with van der Waals surface area (Å²) in [7, 11) is 0. The molecule has 122 valence electrons. The zero-order chi connectivity index (χ0) is 16.7. The Morgan fingerprint density at radius 3 is 2.70 bits per heavy atom. The summed E-state index contributed by atoms with van der Waals surface area (Å²) in [6, 6.07) is 12.7. The molecule has 2 aromatic carbocycles. The van der Waals surface area contributed by atoms with Crippen molar-refractivity contribution in [3.8, 4) is 5.75 Å². The molecule has 1 amide bonds. The standard InChI is InChI=1S/C19H24N2O2/c1-3-4-7-12-23-18-9-6-5-8-16(18)19(22)21-17-11-10-15(20)13-14(17)2/h5-6,8-11,13H,3-4,7,12,20H2,1-2H3,(H,21,22). The van der Waals surface area contributed by atoms with Crippen molar-refractivity contribution >= 4 is 17.3 Å².